The summed E-state index contributed by atoms with van der Waals surface area (Å²) in [5.74, 6) is 6.46. The Kier molecular flexibility index (Phi) is 5.50. The molecule has 3 nitrogen and oxygen atoms in total. The molecule has 3 heteroatoms. The predicted molar refractivity (Wildman–Crippen MR) is 85.1 cm³/mol. The number of benzene rings is 1. The van der Waals surface area contributed by atoms with Crippen LogP contribution in [0.5, 0.6) is 0 Å². The van der Waals surface area contributed by atoms with Crippen molar-refractivity contribution in [2.24, 2.45) is 11.8 Å². The van der Waals surface area contributed by atoms with E-state index in [0.717, 1.165) is 5.52 Å². The van der Waals surface area contributed by atoms with Crippen molar-refractivity contribution in [1.29, 1.82) is 0 Å². The lowest BCUT2D eigenvalue weighted by molar-refractivity contribution is 0.321. The molecule has 1 aromatic heterocycles. The molecule has 1 heterocycles. The normalized spacial score (nSPS) is 13.0. The van der Waals surface area contributed by atoms with Crippen LogP contribution in [0, 0.1) is 5.92 Å². The predicted octanol–water partition coefficient (Wildman–Crippen LogP) is 3.96. The number of nitrogens with zero attached hydrogens (tertiary/aromatic N) is 1. The van der Waals surface area contributed by atoms with E-state index in [2.05, 4.69) is 48.5 Å². The zero-order valence-corrected chi connectivity index (χ0v) is 12.5. The Balaban J connectivity index is 2.42. The maximum atomic E-state index is 5.89. The number of hydrogen-bond donors (Lipinski definition) is 2. The molecule has 0 spiro atoms. The van der Waals surface area contributed by atoms with Crippen LogP contribution in [0.3, 0.4) is 0 Å². The molecule has 0 aliphatic heterocycles. The van der Waals surface area contributed by atoms with Gasteiger partial charge in [-0.2, -0.15) is 0 Å². The fourth-order valence-electron chi connectivity index (χ4n) is 3.10. The van der Waals surface area contributed by atoms with Crippen molar-refractivity contribution in [2.75, 3.05) is 0 Å². The number of nitrogens with one attached hydrogen (secondary N) is 1. The fraction of sp³-hybridized carbons (Fsp3) is 0.471. The minimum Gasteiger partial charge on any atom is -0.271 e. The average Bonchev–Trinajstić information content (AvgIpc) is 2.49. The molecule has 0 aliphatic rings. The number of hydrazine groups is 1. The molecule has 3 N–H and O–H groups in total. The molecule has 0 radical (unpaired) electrons. The smallest absolute Gasteiger partial charge is 0.0705 e. The number of fused-ring (bicyclic) bond motifs is 1. The van der Waals surface area contributed by atoms with E-state index in [-0.39, 0.29) is 6.04 Å². The molecule has 1 aromatic carbocycles. The Labute approximate surface area is 121 Å². The average molecular weight is 271 g/mol. The summed E-state index contributed by atoms with van der Waals surface area (Å²) in [6.45, 7) is 4.47. The lowest BCUT2D eigenvalue weighted by Crippen LogP contribution is -2.33. The highest BCUT2D eigenvalue weighted by atomic mass is 15.2. The maximum absolute atomic E-state index is 5.89. The van der Waals surface area contributed by atoms with Gasteiger partial charge in [0.2, 0.25) is 0 Å². The van der Waals surface area contributed by atoms with Crippen LogP contribution in [-0.2, 0) is 0 Å². The van der Waals surface area contributed by atoms with E-state index in [1.165, 1.54) is 36.6 Å². The fourth-order valence-corrected chi connectivity index (χ4v) is 3.10. The van der Waals surface area contributed by atoms with Crippen molar-refractivity contribution in [3.05, 3.63) is 42.1 Å². The van der Waals surface area contributed by atoms with Crippen LogP contribution in [0.2, 0.25) is 0 Å². The summed E-state index contributed by atoms with van der Waals surface area (Å²) in [6.07, 6.45) is 6.60. The first-order valence-corrected chi connectivity index (χ1v) is 7.61. The van der Waals surface area contributed by atoms with Crippen molar-refractivity contribution < 1.29 is 0 Å². The Morgan fingerprint density at radius 3 is 2.50 bits per heavy atom. The van der Waals surface area contributed by atoms with Gasteiger partial charge in [0.25, 0.3) is 0 Å². The maximum Gasteiger partial charge on any atom is 0.0705 e. The number of pyridine rings is 1. The van der Waals surface area contributed by atoms with Gasteiger partial charge in [-0.3, -0.25) is 16.3 Å². The van der Waals surface area contributed by atoms with Crippen LogP contribution in [-0.4, -0.2) is 4.98 Å². The minimum absolute atomic E-state index is 0.197. The molecule has 0 aliphatic carbocycles. The van der Waals surface area contributed by atoms with Crippen molar-refractivity contribution in [1.82, 2.24) is 10.4 Å². The van der Waals surface area contributed by atoms with E-state index in [1.54, 1.807) is 0 Å². The van der Waals surface area contributed by atoms with Crippen molar-refractivity contribution >= 4 is 10.9 Å². The van der Waals surface area contributed by atoms with Crippen molar-refractivity contribution in [2.45, 2.75) is 45.6 Å². The molecule has 0 fully saturated rings. The molecule has 0 saturated carbocycles. The van der Waals surface area contributed by atoms with Crippen LogP contribution < -0.4 is 11.3 Å². The molecule has 1 atom stereocenters. The summed E-state index contributed by atoms with van der Waals surface area (Å²) in [4.78, 5) is 4.44. The number of nitrogens with two attached hydrogens (primary N) is 1. The minimum atomic E-state index is 0.197. The number of aromatic nitrogens is 1. The van der Waals surface area contributed by atoms with E-state index in [9.17, 15) is 0 Å². The van der Waals surface area contributed by atoms with Gasteiger partial charge in [0.15, 0.2) is 0 Å². The summed E-state index contributed by atoms with van der Waals surface area (Å²) in [7, 11) is 0. The van der Waals surface area contributed by atoms with Crippen molar-refractivity contribution in [3.63, 3.8) is 0 Å². The first-order chi connectivity index (χ1) is 9.81. The highest BCUT2D eigenvalue weighted by molar-refractivity contribution is 5.82. The molecule has 2 aromatic rings. The van der Waals surface area contributed by atoms with E-state index in [1.807, 2.05) is 12.3 Å². The van der Waals surface area contributed by atoms with Crippen LogP contribution in [0.25, 0.3) is 10.9 Å². The van der Waals surface area contributed by atoms with Crippen LogP contribution in [0.15, 0.2) is 36.5 Å². The van der Waals surface area contributed by atoms with Gasteiger partial charge in [-0.25, -0.2) is 0 Å². The van der Waals surface area contributed by atoms with Gasteiger partial charge < -0.3 is 0 Å². The van der Waals surface area contributed by atoms with E-state index in [4.69, 9.17) is 5.84 Å². The van der Waals surface area contributed by atoms with Gasteiger partial charge in [-0.05, 0) is 36.5 Å². The van der Waals surface area contributed by atoms with Gasteiger partial charge in [-0.1, -0.05) is 44.9 Å². The van der Waals surface area contributed by atoms with Crippen LogP contribution in [0.4, 0.5) is 0 Å². The third kappa shape index (κ3) is 3.17. The third-order valence-corrected chi connectivity index (χ3v) is 3.98. The summed E-state index contributed by atoms with van der Waals surface area (Å²) in [5.41, 5.74) is 5.36. The molecule has 108 valence electrons. The van der Waals surface area contributed by atoms with Crippen LogP contribution in [0.1, 0.15) is 51.1 Å². The molecule has 20 heavy (non-hydrogen) atoms. The monoisotopic (exact) mass is 271 g/mol. The Morgan fingerprint density at radius 1 is 1.10 bits per heavy atom. The molecular formula is C17H25N3. The van der Waals surface area contributed by atoms with Gasteiger partial charge in [-0.15, -0.1) is 0 Å². The zero-order valence-electron chi connectivity index (χ0n) is 12.5. The molecule has 1 unspecified atom stereocenters. The molecule has 0 saturated heterocycles. The molecule has 0 bridgehead atoms. The second-order valence-corrected chi connectivity index (χ2v) is 5.40. The molecule has 0 amide bonds. The summed E-state index contributed by atoms with van der Waals surface area (Å²) < 4.78 is 0. The molecule has 2 rings (SSSR count). The highest BCUT2D eigenvalue weighted by Crippen LogP contribution is 2.32. The van der Waals surface area contributed by atoms with Gasteiger partial charge in [0.1, 0.15) is 0 Å². The Hall–Kier alpha value is -1.45. The van der Waals surface area contributed by atoms with E-state index >= 15 is 0 Å². The Bertz CT molecular complexity index is 527. The standard InChI is InChI=1S/C17H25N3/c1-3-7-13(8-4-2)17(20-18)15-9-5-11-16-14(15)10-6-12-19-16/h5-6,9-13,17,20H,3-4,7-8,18H2,1-2H3. The second-order valence-electron chi connectivity index (χ2n) is 5.40. The summed E-state index contributed by atoms with van der Waals surface area (Å²) >= 11 is 0. The number of hydrogen-bond acceptors (Lipinski definition) is 3. The lowest BCUT2D eigenvalue weighted by Gasteiger charge is -2.27. The largest absolute Gasteiger partial charge is 0.271 e. The van der Waals surface area contributed by atoms with Crippen LogP contribution >= 0.6 is 0 Å². The number of rotatable bonds is 7. The highest BCUT2D eigenvalue weighted by Gasteiger charge is 2.22. The topological polar surface area (TPSA) is 50.9 Å². The van der Waals surface area contributed by atoms with E-state index < -0.39 is 0 Å². The second kappa shape index (κ2) is 7.36. The SMILES string of the molecule is CCCC(CCC)C(NN)c1cccc2ncccc12. The van der Waals surface area contributed by atoms with E-state index in [0.29, 0.717) is 5.92 Å². The first-order valence-electron chi connectivity index (χ1n) is 7.61. The van der Waals surface area contributed by atoms with Gasteiger partial charge >= 0.3 is 0 Å². The summed E-state index contributed by atoms with van der Waals surface area (Å²) in [5, 5.41) is 1.20. The zero-order chi connectivity index (χ0) is 14.4. The third-order valence-electron chi connectivity index (χ3n) is 3.98. The quantitative estimate of drug-likeness (QED) is 0.592. The Morgan fingerprint density at radius 2 is 1.85 bits per heavy atom. The van der Waals surface area contributed by atoms with Gasteiger partial charge in [0, 0.05) is 17.6 Å². The van der Waals surface area contributed by atoms with Crippen molar-refractivity contribution in [3.8, 4) is 0 Å². The molecular weight excluding hydrogens is 246 g/mol. The lowest BCUT2D eigenvalue weighted by atomic mass is 9.85. The summed E-state index contributed by atoms with van der Waals surface area (Å²) in [6, 6.07) is 10.6. The first kappa shape index (κ1) is 14.9. The van der Waals surface area contributed by atoms with Gasteiger partial charge in [0.05, 0.1) is 5.52 Å².